The SMILES string of the molecule is CC1CCC2C(C)C3CCC4(O)C(CC5C4CC(O)C4CC(O)CCC45C)C3C[N+]2([O-])C1. The first kappa shape index (κ1) is 22.3. The molecule has 14 unspecified atom stereocenters. The molecule has 0 aromatic rings. The molecule has 0 aromatic carbocycles. The van der Waals surface area contributed by atoms with Crippen molar-refractivity contribution in [3.05, 3.63) is 5.21 Å². The van der Waals surface area contributed by atoms with E-state index >= 15 is 0 Å². The smallest absolute Gasteiger partial charge is 0.0916 e. The number of hydrogen-bond acceptors (Lipinski definition) is 4. The van der Waals surface area contributed by atoms with Crippen LogP contribution in [0.5, 0.6) is 0 Å². The molecule has 182 valence electrons. The number of quaternary nitrogens is 1. The Labute approximate surface area is 193 Å². The average Bonchev–Trinajstić information content (AvgIpc) is 3.02. The fraction of sp³-hybridized carbons (Fsp3) is 1.00. The van der Waals surface area contributed by atoms with Crippen LogP contribution in [0, 0.1) is 58.0 Å². The second kappa shape index (κ2) is 7.16. The third-order valence-corrected chi connectivity index (χ3v) is 12.4. The lowest BCUT2D eigenvalue weighted by atomic mass is 9.50. The molecule has 5 nitrogen and oxygen atoms in total. The predicted octanol–water partition coefficient (Wildman–Crippen LogP) is 3.69. The molecule has 0 radical (unpaired) electrons. The van der Waals surface area contributed by atoms with Crippen molar-refractivity contribution < 1.29 is 20.0 Å². The minimum Gasteiger partial charge on any atom is -0.633 e. The fourth-order valence-corrected chi connectivity index (χ4v) is 10.9. The van der Waals surface area contributed by atoms with E-state index in [0.717, 1.165) is 45.1 Å². The highest BCUT2D eigenvalue weighted by Crippen LogP contribution is 2.68. The highest BCUT2D eigenvalue weighted by molar-refractivity contribution is 5.17. The van der Waals surface area contributed by atoms with E-state index in [4.69, 9.17) is 0 Å². The molecule has 3 N–H and O–H groups in total. The molecule has 0 spiro atoms. The van der Waals surface area contributed by atoms with Crippen molar-refractivity contribution in [1.29, 1.82) is 0 Å². The van der Waals surface area contributed by atoms with Gasteiger partial charge in [-0.3, -0.25) is 0 Å². The molecule has 6 aliphatic rings. The molecule has 2 saturated heterocycles. The maximum Gasteiger partial charge on any atom is 0.0916 e. The van der Waals surface area contributed by atoms with Crippen molar-refractivity contribution in [2.45, 2.75) is 102 Å². The third kappa shape index (κ3) is 2.87. The van der Waals surface area contributed by atoms with Crippen molar-refractivity contribution >= 4 is 0 Å². The molecule has 32 heavy (non-hydrogen) atoms. The summed E-state index contributed by atoms with van der Waals surface area (Å²) in [6.45, 7) is 8.39. The lowest BCUT2D eigenvalue weighted by molar-refractivity contribution is -0.929. The van der Waals surface area contributed by atoms with Gasteiger partial charge in [0.15, 0.2) is 0 Å². The van der Waals surface area contributed by atoms with Crippen LogP contribution in [-0.2, 0) is 0 Å². The maximum absolute atomic E-state index is 14.2. The van der Waals surface area contributed by atoms with Gasteiger partial charge >= 0.3 is 0 Å². The molecule has 0 amide bonds. The molecule has 4 aliphatic carbocycles. The van der Waals surface area contributed by atoms with Gasteiger partial charge in [0.05, 0.1) is 36.9 Å². The van der Waals surface area contributed by atoms with E-state index in [9.17, 15) is 20.5 Å². The van der Waals surface area contributed by atoms with Crippen LogP contribution in [0.3, 0.4) is 0 Å². The van der Waals surface area contributed by atoms with Crippen molar-refractivity contribution in [3.63, 3.8) is 0 Å². The topological polar surface area (TPSA) is 83.8 Å². The van der Waals surface area contributed by atoms with E-state index in [1.165, 1.54) is 6.42 Å². The summed E-state index contributed by atoms with van der Waals surface area (Å²) >= 11 is 0. The molecule has 2 aliphatic heterocycles. The Kier molecular flexibility index (Phi) is 4.99. The normalized spacial score (nSPS) is 64.0. The Morgan fingerprint density at radius 3 is 2.38 bits per heavy atom. The van der Waals surface area contributed by atoms with E-state index in [2.05, 4.69) is 20.8 Å². The second-order valence-corrected chi connectivity index (χ2v) is 13.7. The fourth-order valence-electron chi connectivity index (χ4n) is 10.9. The van der Waals surface area contributed by atoms with E-state index in [1.807, 2.05) is 0 Å². The van der Waals surface area contributed by atoms with Crippen LogP contribution in [0.4, 0.5) is 0 Å². The number of hydrogen-bond donors (Lipinski definition) is 3. The molecular weight excluding hydrogens is 402 g/mol. The van der Waals surface area contributed by atoms with Gasteiger partial charge in [-0.1, -0.05) is 20.8 Å². The third-order valence-electron chi connectivity index (χ3n) is 12.4. The van der Waals surface area contributed by atoms with Crippen LogP contribution in [0.1, 0.15) is 78.6 Å². The number of rotatable bonds is 0. The molecule has 14 atom stereocenters. The predicted molar refractivity (Wildman–Crippen MR) is 123 cm³/mol. The summed E-state index contributed by atoms with van der Waals surface area (Å²) in [6, 6.07) is 0.255. The summed E-state index contributed by atoms with van der Waals surface area (Å²) in [7, 11) is 0. The minimum absolute atomic E-state index is 0.00366. The maximum atomic E-state index is 14.2. The second-order valence-electron chi connectivity index (χ2n) is 13.7. The standard InChI is InChI=1S/C27H45NO4/c1-15-4-5-24-16(2)18-7-9-27(31)20(19(18)14-28(24,32)13-15)11-21-22(27)12-25(30)23-10-17(29)6-8-26(21,23)3/h15-25,29-31H,4-14H2,1-3H3. The molecule has 6 fully saturated rings. The van der Waals surface area contributed by atoms with Gasteiger partial charge in [-0.15, -0.1) is 0 Å². The first-order chi connectivity index (χ1) is 15.1. The van der Waals surface area contributed by atoms with Crippen molar-refractivity contribution in [3.8, 4) is 0 Å². The first-order valence-electron chi connectivity index (χ1n) is 13.7. The zero-order valence-corrected chi connectivity index (χ0v) is 20.3. The van der Waals surface area contributed by atoms with Gasteiger partial charge < -0.3 is 25.2 Å². The van der Waals surface area contributed by atoms with Crippen molar-refractivity contribution in [2.24, 2.45) is 52.8 Å². The van der Waals surface area contributed by atoms with Gasteiger partial charge in [-0.05, 0) is 86.4 Å². The average molecular weight is 448 g/mol. The zero-order chi connectivity index (χ0) is 22.6. The lowest BCUT2D eigenvalue weighted by Gasteiger charge is -2.64. The van der Waals surface area contributed by atoms with E-state index in [-0.39, 0.29) is 40.0 Å². The highest BCUT2D eigenvalue weighted by Gasteiger charge is 2.69. The Hall–Kier alpha value is -0.200. The molecule has 6 rings (SSSR count). The molecule has 0 bridgehead atoms. The lowest BCUT2D eigenvalue weighted by Crippen LogP contribution is -2.68. The summed E-state index contributed by atoms with van der Waals surface area (Å²) in [4.78, 5) is 0. The quantitative estimate of drug-likeness (QED) is 0.391. The van der Waals surface area contributed by atoms with E-state index in [1.54, 1.807) is 0 Å². The number of piperidine rings is 2. The van der Waals surface area contributed by atoms with Gasteiger partial charge in [0.2, 0.25) is 0 Å². The van der Waals surface area contributed by atoms with Crippen LogP contribution < -0.4 is 0 Å². The molecule has 4 saturated carbocycles. The Morgan fingerprint density at radius 2 is 1.59 bits per heavy atom. The molecule has 2 heterocycles. The van der Waals surface area contributed by atoms with Gasteiger partial charge in [-0.2, -0.15) is 0 Å². The van der Waals surface area contributed by atoms with Crippen LogP contribution in [0.15, 0.2) is 0 Å². The van der Waals surface area contributed by atoms with Gasteiger partial charge in [0.25, 0.3) is 0 Å². The molecule has 0 aromatic heterocycles. The Morgan fingerprint density at radius 1 is 0.812 bits per heavy atom. The van der Waals surface area contributed by atoms with Crippen molar-refractivity contribution in [2.75, 3.05) is 13.1 Å². The number of aliphatic hydroxyl groups excluding tert-OH is 2. The monoisotopic (exact) mass is 447 g/mol. The zero-order valence-electron chi connectivity index (χ0n) is 20.3. The summed E-state index contributed by atoms with van der Waals surface area (Å²) in [5.74, 6) is 2.74. The summed E-state index contributed by atoms with van der Waals surface area (Å²) < 4.78 is -0.0138. The van der Waals surface area contributed by atoms with Crippen LogP contribution in [0.25, 0.3) is 0 Å². The van der Waals surface area contributed by atoms with E-state index in [0.29, 0.717) is 49.0 Å². The number of fused-ring (bicyclic) bond motifs is 8. The van der Waals surface area contributed by atoms with Crippen molar-refractivity contribution in [1.82, 2.24) is 0 Å². The van der Waals surface area contributed by atoms with Gasteiger partial charge in [0.1, 0.15) is 0 Å². The Balaban J connectivity index is 1.34. The van der Waals surface area contributed by atoms with Crippen LogP contribution in [0.2, 0.25) is 0 Å². The summed E-state index contributed by atoms with van der Waals surface area (Å²) in [5.41, 5.74) is -0.722. The first-order valence-corrected chi connectivity index (χ1v) is 13.7. The van der Waals surface area contributed by atoms with Crippen LogP contribution >= 0.6 is 0 Å². The van der Waals surface area contributed by atoms with Gasteiger partial charge in [-0.25, -0.2) is 0 Å². The number of nitrogens with zero attached hydrogens (tertiary/aromatic N) is 1. The van der Waals surface area contributed by atoms with E-state index < -0.39 is 11.7 Å². The summed E-state index contributed by atoms with van der Waals surface area (Å²) in [5, 5.41) is 47.9. The summed E-state index contributed by atoms with van der Waals surface area (Å²) in [6.07, 6.45) is 7.60. The van der Waals surface area contributed by atoms with Crippen LogP contribution in [-0.4, -0.2) is 56.9 Å². The Bertz CT molecular complexity index is 762. The highest BCUT2D eigenvalue weighted by atomic mass is 16.5. The number of aliphatic hydroxyl groups is 3. The van der Waals surface area contributed by atoms with Gasteiger partial charge in [0, 0.05) is 24.2 Å². The molecular formula is C27H45NO4. The largest absolute Gasteiger partial charge is 0.633 e. The molecule has 5 heteroatoms. The minimum atomic E-state index is -0.718. The number of hydroxylamine groups is 3.